The quantitative estimate of drug-likeness (QED) is 0.913. The highest BCUT2D eigenvalue weighted by Gasteiger charge is 2.38. The maximum absolute atomic E-state index is 10.5. The number of aliphatic hydroxyl groups is 1. The Balaban J connectivity index is 2.03. The molecule has 1 aliphatic rings. The fourth-order valence-electron chi connectivity index (χ4n) is 2.92. The van der Waals surface area contributed by atoms with Crippen LogP contribution in [0.15, 0.2) is 42.5 Å². The number of rotatable bonds is 2. The van der Waals surface area contributed by atoms with Crippen LogP contribution in [0.1, 0.15) is 36.1 Å². The fraction of sp³-hybridized carbons (Fsp3) is 0.333. The summed E-state index contributed by atoms with van der Waals surface area (Å²) in [5.74, 6) is 1.42. The third-order valence-corrected chi connectivity index (χ3v) is 4.13. The van der Waals surface area contributed by atoms with Gasteiger partial charge in [-0.1, -0.05) is 29.8 Å². The molecular formula is C18H20O3. The molecule has 0 aliphatic carbocycles. The molecule has 21 heavy (non-hydrogen) atoms. The number of hydrogen-bond donors (Lipinski definition) is 1. The van der Waals surface area contributed by atoms with Crippen LogP contribution in [0, 0.1) is 6.92 Å². The molecule has 0 saturated carbocycles. The molecule has 1 aliphatic heterocycles. The normalized spacial score (nSPS) is 24.1. The number of aliphatic hydroxyl groups excluding tert-OH is 1. The molecular weight excluding hydrogens is 264 g/mol. The average molecular weight is 284 g/mol. The lowest BCUT2D eigenvalue weighted by atomic mass is 9.84. The minimum atomic E-state index is -0.537. The SMILES string of the molecule is COc1ccc2c(c1)OC(C)(c1cccc(C)c1)CC2O. The number of benzene rings is 2. The van der Waals surface area contributed by atoms with Gasteiger partial charge in [0.25, 0.3) is 0 Å². The van der Waals surface area contributed by atoms with Gasteiger partial charge in [0.05, 0.1) is 13.2 Å². The van der Waals surface area contributed by atoms with Crippen LogP contribution >= 0.6 is 0 Å². The van der Waals surface area contributed by atoms with Crippen molar-refractivity contribution in [3.8, 4) is 11.5 Å². The van der Waals surface area contributed by atoms with Crippen molar-refractivity contribution in [3.63, 3.8) is 0 Å². The largest absolute Gasteiger partial charge is 0.497 e. The number of hydrogen-bond acceptors (Lipinski definition) is 3. The van der Waals surface area contributed by atoms with E-state index in [0.29, 0.717) is 12.2 Å². The lowest BCUT2D eigenvalue weighted by molar-refractivity contribution is -0.00506. The van der Waals surface area contributed by atoms with Gasteiger partial charge in [0.15, 0.2) is 0 Å². The second-order valence-electron chi connectivity index (χ2n) is 5.83. The topological polar surface area (TPSA) is 38.7 Å². The lowest BCUT2D eigenvalue weighted by Crippen LogP contribution is -2.35. The molecule has 0 radical (unpaired) electrons. The lowest BCUT2D eigenvalue weighted by Gasteiger charge is -2.38. The van der Waals surface area contributed by atoms with Crippen LogP contribution in [0.3, 0.4) is 0 Å². The van der Waals surface area contributed by atoms with E-state index in [1.54, 1.807) is 7.11 Å². The maximum atomic E-state index is 10.5. The van der Waals surface area contributed by atoms with Gasteiger partial charge in [-0.25, -0.2) is 0 Å². The number of aryl methyl sites for hydroxylation is 1. The number of ether oxygens (including phenoxy) is 2. The standard InChI is InChI=1S/C18H20O3/c1-12-5-4-6-13(9-12)18(2)11-16(19)15-8-7-14(20-3)10-17(15)21-18/h4-10,16,19H,11H2,1-3H3. The minimum absolute atomic E-state index is 0.537. The molecule has 3 rings (SSSR count). The van der Waals surface area contributed by atoms with Crippen molar-refractivity contribution in [1.82, 2.24) is 0 Å². The summed E-state index contributed by atoms with van der Waals surface area (Å²) in [7, 11) is 1.63. The molecule has 3 nitrogen and oxygen atoms in total. The van der Waals surface area contributed by atoms with E-state index in [1.165, 1.54) is 5.56 Å². The third kappa shape index (κ3) is 2.49. The zero-order valence-electron chi connectivity index (χ0n) is 12.6. The molecule has 2 aromatic carbocycles. The van der Waals surface area contributed by atoms with Crippen molar-refractivity contribution in [2.45, 2.75) is 32.0 Å². The van der Waals surface area contributed by atoms with E-state index in [9.17, 15) is 5.11 Å². The van der Waals surface area contributed by atoms with Crippen molar-refractivity contribution in [1.29, 1.82) is 0 Å². The second-order valence-corrected chi connectivity index (χ2v) is 5.83. The van der Waals surface area contributed by atoms with E-state index in [4.69, 9.17) is 9.47 Å². The molecule has 110 valence electrons. The molecule has 3 heteroatoms. The summed E-state index contributed by atoms with van der Waals surface area (Å²) in [6.45, 7) is 4.08. The Labute approximate surface area is 125 Å². The van der Waals surface area contributed by atoms with Gasteiger partial charge in [0.2, 0.25) is 0 Å². The van der Waals surface area contributed by atoms with Gasteiger partial charge >= 0.3 is 0 Å². The zero-order chi connectivity index (χ0) is 15.0. The summed E-state index contributed by atoms with van der Waals surface area (Å²) >= 11 is 0. The zero-order valence-corrected chi connectivity index (χ0v) is 12.6. The second kappa shape index (κ2) is 5.08. The van der Waals surface area contributed by atoms with Crippen molar-refractivity contribution < 1.29 is 14.6 Å². The van der Waals surface area contributed by atoms with Gasteiger partial charge < -0.3 is 14.6 Å². The van der Waals surface area contributed by atoms with Gasteiger partial charge in [-0.3, -0.25) is 0 Å². The Hall–Kier alpha value is -2.00. The van der Waals surface area contributed by atoms with Crippen LogP contribution < -0.4 is 9.47 Å². The molecule has 2 atom stereocenters. The van der Waals surface area contributed by atoms with E-state index < -0.39 is 11.7 Å². The van der Waals surface area contributed by atoms with Gasteiger partial charge in [-0.15, -0.1) is 0 Å². The summed E-state index contributed by atoms with van der Waals surface area (Å²) in [4.78, 5) is 0. The highest BCUT2D eigenvalue weighted by Crippen LogP contribution is 2.45. The monoisotopic (exact) mass is 284 g/mol. The van der Waals surface area contributed by atoms with Crippen molar-refractivity contribution >= 4 is 0 Å². The molecule has 0 fully saturated rings. The van der Waals surface area contributed by atoms with Crippen molar-refractivity contribution in [3.05, 3.63) is 59.2 Å². The Bertz CT molecular complexity index is 665. The average Bonchev–Trinajstić information content (AvgIpc) is 2.46. The number of fused-ring (bicyclic) bond motifs is 1. The van der Waals surface area contributed by atoms with E-state index >= 15 is 0 Å². The molecule has 0 aromatic heterocycles. The summed E-state index contributed by atoms with van der Waals surface area (Å²) in [6.07, 6.45) is 0.000601. The van der Waals surface area contributed by atoms with E-state index in [1.807, 2.05) is 37.3 Å². The Morgan fingerprint density at radius 2 is 2.05 bits per heavy atom. The van der Waals surface area contributed by atoms with Gasteiger partial charge in [-0.05, 0) is 31.5 Å². The minimum Gasteiger partial charge on any atom is -0.497 e. The summed E-state index contributed by atoms with van der Waals surface area (Å²) in [5.41, 5.74) is 2.55. The van der Waals surface area contributed by atoms with Crippen LogP contribution in [-0.2, 0) is 5.60 Å². The molecule has 0 bridgehead atoms. The highest BCUT2D eigenvalue weighted by atomic mass is 16.5. The molecule has 1 heterocycles. The van der Waals surface area contributed by atoms with Crippen LogP contribution in [0.25, 0.3) is 0 Å². The van der Waals surface area contributed by atoms with Crippen molar-refractivity contribution in [2.75, 3.05) is 7.11 Å². The predicted molar refractivity (Wildman–Crippen MR) is 81.7 cm³/mol. The Morgan fingerprint density at radius 1 is 1.24 bits per heavy atom. The first kappa shape index (κ1) is 14.0. The first-order valence-electron chi connectivity index (χ1n) is 7.14. The van der Waals surface area contributed by atoms with Crippen molar-refractivity contribution in [2.24, 2.45) is 0 Å². The van der Waals surface area contributed by atoms with E-state index in [2.05, 4.69) is 19.1 Å². The van der Waals surface area contributed by atoms with Gasteiger partial charge in [-0.2, -0.15) is 0 Å². The van der Waals surface area contributed by atoms with Crippen LogP contribution in [-0.4, -0.2) is 12.2 Å². The Kier molecular flexibility index (Phi) is 3.38. The molecule has 0 spiro atoms. The number of methoxy groups -OCH3 is 1. The first-order chi connectivity index (χ1) is 10.0. The molecule has 2 unspecified atom stereocenters. The fourth-order valence-corrected chi connectivity index (χ4v) is 2.92. The summed E-state index contributed by atoms with van der Waals surface area (Å²) < 4.78 is 11.5. The molecule has 0 saturated heterocycles. The molecule has 2 aromatic rings. The predicted octanol–water partition coefficient (Wildman–Crippen LogP) is 3.73. The molecule has 1 N–H and O–H groups in total. The maximum Gasteiger partial charge on any atom is 0.134 e. The smallest absolute Gasteiger partial charge is 0.134 e. The van der Waals surface area contributed by atoms with E-state index in [0.717, 1.165) is 16.9 Å². The van der Waals surface area contributed by atoms with Crippen LogP contribution in [0.5, 0.6) is 11.5 Å². The summed E-state index contributed by atoms with van der Waals surface area (Å²) in [5, 5.41) is 10.5. The third-order valence-electron chi connectivity index (χ3n) is 4.13. The Morgan fingerprint density at radius 3 is 2.76 bits per heavy atom. The first-order valence-corrected chi connectivity index (χ1v) is 7.14. The van der Waals surface area contributed by atoms with Gasteiger partial charge in [0, 0.05) is 18.1 Å². The van der Waals surface area contributed by atoms with Crippen LogP contribution in [0.4, 0.5) is 0 Å². The van der Waals surface area contributed by atoms with E-state index in [-0.39, 0.29) is 0 Å². The highest BCUT2D eigenvalue weighted by molar-refractivity contribution is 5.45. The van der Waals surface area contributed by atoms with Crippen LogP contribution in [0.2, 0.25) is 0 Å². The van der Waals surface area contributed by atoms with Gasteiger partial charge in [0.1, 0.15) is 17.1 Å². The summed E-state index contributed by atoms with van der Waals surface area (Å²) in [6, 6.07) is 13.8. The molecule has 0 amide bonds.